The summed E-state index contributed by atoms with van der Waals surface area (Å²) < 4.78 is 1.20. The van der Waals surface area contributed by atoms with E-state index in [9.17, 15) is 5.11 Å². The van der Waals surface area contributed by atoms with Crippen LogP contribution in [-0.4, -0.2) is 80.3 Å². The summed E-state index contributed by atoms with van der Waals surface area (Å²) in [6.45, 7) is 9.69. The van der Waals surface area contributed by atoms with Gasteiger partial charge in [-0.3, -0.25) is 4.99 Å². The number of thiophene rings is 1. The van der Waals surface area contributed by atoms with E-state index in [1.54, 1.807) is 11.3 Å². The van der Waals surface area contributed by atoms with Crippen LogP contribution in [0.25, 0.3) is 10.1 Å². The van der Waals surface area contributed by atoms with Gasteiger partial charge in [-0.25, -0.2) is 0 Å². The van der Waals surface area contributed by atoms with Gasteiger partial charge in [-0.05, 0) is 51.0 Å². The summed E-state index contributed by atoms with van der Waals surface area (Å²) in [6.07, 6.45) is 0.653. The minimum absolute atomic E-state index is 0. The maximum Gasteiger partial charge on any atom is 0.191 e. The fourth-order valence-corrected chi connectivity index (χ4v) is 4.47. The van der Waals surface area contributed by atoms with Gasteiger partial charge in [-0.15, -0.1) is 35.3 Å². The fraction of sp³-hybridized carbons (Fsp3) is 0.571. The number of rotatable bonds is 7. The van der Waals surface area contributed by atoms with Crippen molar-refractivity contribution in [3.8, 4) is 0 Å². The number of fused-ring (bicyclic) bond motifs is 1. The van der Waals surface area contributed by atoms with Crippen molar-refractivity contribution >= 4 is 51.4 Å². The maximum absolute atomic E-state index is 10.6. The van der Waals surface area contributed by atoms with E-state index in [-0.39, 0.29) is 24.0 Å². The summed E-state index contributed by atoms with van der Waals surface area (Å²) in [5, 5.41) is 18.4. The van der Waals surface area contributed by atoms with Crippen molar-refractivity contribution in [3.63, 3.8) is 0 Å². The summed E-state index contributed by atoms with van der Waals surface area (Å²) in [5.41, 5.74) is 0. The molecular formula is C21H34IN5OS. The van der Waals surface area contributed by atoms with Crippen LogP contribution in [0, 0.1) is 0 Å². The van der Waals surface area contributed by atoms with E-state index in [4.69, 9.17) is 0 Å². The number of hydrogen-bond acceptors (Lipinski definition) is 5. The van der Waals surface area contributed by atoms with E-state index in [2.05, 4.69) is 57.6 Å². The molecule has 2 heterocycles. The second kappa shape index (κ2) is 12.7. The van der Waals surface area contributed by atoms with Gasteiger partial charge in [0.15, 0.2) is 5.96 Å². The fourth-order valence-electron chi connectivity index (χ4n) is 3.43. The molecule has 0 radical (unpaired) electrons. The largest absolute Gasteiger partial charge is 0.386 e. The van der Waals surface area contributed by atoms with Gasteiger partial charge in [-0.2, -0.15) is 0 Å². The Balaban J connectivity index is 0.00000300. The third kappa shape index (κ3) is 7.67. The Morgan fingerprint density at radius 1 is 1.21 bits per heavy atom. The SMILES string of the molecule is CCNC(=NCC(O)c1cc2ccccc2s1)NCCN1CCCN(C)CC1.I. The van der Waals surface area contributed by atoms with Gasteiger partial charge in [0.2, 0.25) is 0 Å². The number of guanidine groups is 1. The first kappa shape index (κ1) is 24.3. The minimum atomic E-state index is -0.575. The molecule has 3 N–H and O–H groups in total. The molecule has 2 aromatic rings. The van der Waals surface area contributed by atoms with Crippen LogP contribution in [0.15, 0.2) is 35.3 Å². The zero-order valence-corrected chi connectivity index (χ0v) is 20.6. The summed E-state index contributed by atoms with van der Waals surface area (Å²) in [7, 11) is 2.19. The smallest absolute Gasteiger partial charge is 0.191 e. The summed E-state index contributed by atoms with van der Waals surface area (Å²) >= 11 is 1.64. The van der Waals surface area contributed by atoms with E-state index >= 15 is 0 Å². The van der Waals surface area contributed by atoms with Crippen LogP contribution in [0.2, 0.25) is 0 Å². The zero-order chi connectivity index (χ0) is 19.8. The van der Waals surface area contributed by atoms with E-state index in [1.807, 2.05) is 12.1 Å². The average molecular weight is 532 g/mol. The Morgan fingerprint density at radius 3 is 2.83 bits per heavy atom. The first-order chi connectivity index (χ1) is 13.7. The highest BCUT2D eigenvalue weighted by Gasteiger charge is 2.13. The molecule has 1 aromatic carbocycles. The molecule has 29 heavy (non-hydrogen) atoms. The molecule has 0 spiro atoms. The monoisotopic (exact) mass is 531 g/mol. The maximum atomic E-state index is 10.6. The lowest BCUT2D eigenvalue weighted by molar-refractivity contribution is 0.191. The quantitative estimate of drug-likeness (QED) is 0.292. The second-order valence-electron chi connectivity index (χ2n) is 7.35. The summed E-state index contributed by atoms with van der Waals surface area (Å²) in [4.78, 5) is 10.5. The molecule has 0 amide bonds. The first-order valence-corrected chi connectivity index (χ1v) is 11.1. The van der Waals surface area contributed by atoms with Gasteiger partial charge in [-0.1, -0.05) is 18.2 Å². The molecular weight excluding hydrogens is 497 g/mol. The zero-order valence-electron chi connectivity index (χ0n) is 17.4. The summed E-state index contributed by atoms with van der Waals surface area (Å²) in [6, 6.07) is 10.3. The van der Waals surface area contributed by atoms with Crippen molar-refractivity contribution in [3.05, 3.63) is 35.2 Å². The predicted molar refractivity (Wildman–Crippen MR) is 135 cm³/mol. The van der Waals surface area contributed by atoms with Crippen LogP contribution in [0.3, 0.4) is 0 Å². The Morgan fingerprint density at radius 2 is 2.03 bits per heavy atom. The highest BCUT2D eigenvalue weighted by molar-refractivity contribution is 14.0. The van der Waals surface area contributed by atoms with Crippen LogP contribution < -0.4 is 10.6 Å². The van der Waals surface area contributed by atoms with Gasteiger partial charge in [0.1, 0.15) is 6.10 Å². The van der Waals surface area contributed by atoms with Crippen LogP contribution in [0.4, 0.5) is 0 Å². The van der Waals surface area contributed by atoms with Crippen LogP contribution in [0.5, 0.6) is 0 Å². The third-order valence-corrected chi connectivity index (χ3v) is 6.29. The van der Waals surface area contributed by atoms with Gasteiger partial charge in [0.25, 0.3) is 0 Å². The van der Waals surface area contributed by atoms with Crippen molar-refractivity contribution in [2.45, 2.75) is 19.4 Å². The molecule has 0 bridgehead atoms. The molecule has 1 atom stereocenters. The van der Waals surface area contributed by atoms with Gasteiger partial charge >= 0.3 is 0 Å². The number of likely N-dealkylation sites (N-methyl/N-ethyl adjacent to an activating group) is 1. The Labute approximate surface area is 195 Å². The number of aliphatic hydroxyl groups is 1. The van der Waals surface area contributed by atoms with E-state index in [0.29, 0.717) is 6.54 Å². The molecule has 162 valence electrons. The van der Waals surface area contributed by atoms with Crippen molar-refractivity contribution in [1.82, 2.24) is 20.4 Å². The predicted octanol–water partition coefficient (Wildman–Crippen LogP) is 2.75. The lowest BCUT2D eigenvalue weighted by Gasteiger charge is -2.21. The van der Waals surface area contributed by atoms with Crippen LogP contribution in [0.1, 0.15) is 24.3 Å². The van der Waals surface area contributed by atoms with E-state index < -0.39 is 6.10 Å². The molecule has 0 saturated carbocycles. The third-order valence-electron chi connectivity index (χ3n) is 5.07. The number of hydrogen-bond donors (Lipinski definition) is 3. The van der Waals surface area contributed by atoms with Crippen molar-refractivity contribution < 1.29 is 5.11 Å². The first-order valence-electron chi connectivity index (χ1n) is 10.3. The molecule has 3 rings (SSSR count). The molecule has 0 aliphatic carbocycles. The number of aliphatic hydroxyl groups excluding tert-OH is 1. The number of halogens is 1. The minimum Gasteiger partial charge on any atom is -0.386 e. The van der Waals surface area contributed by atoms with Crippen molar-refractivity contribution in [2.24, 2.45) is 4.99 Å². The molecule has 1 aliphatic heterocycles. The number of benzene rings is 1. The molecule has 1 aliphatic rings. The summed E-state index contributed by atoms with van der Waals surface area (Å²) in [5.74, 6) is 0.773. The number of aliphatic imine (C=N–C) groups is 1. The van der Waals surface area contributed by atoms with Crippen molar-refractivity contribution in [1.29, 1.82) is 0 Å². The van der Waals surface area contributed by atoms with E-state index in [1.165, 1.54) is 23.1 Å². The lowest BCUT2D eigenvalue weighted by Crippen LogP contribution is -2.42. The standard InChI is InChI=1S/C21H33N5OS.HI/c1-3-22-21(23-9-12-26-11-6-10-25(2)13-14-26)24-16-18(27)20-15-17-7-4-5-8-19(17)28-20;/h4-5,7-8,15,18,27H,3,6,9-14,16H2,1-2H3,(H2,22,23,24);1H. The average Bonchev–Trinajstić information content (AvgIpc) is 3.03. The molecule has 1 saturated heterocycles. The van der Waals surface area contributed by atoms with Crippen LogP contribution in [-0.2, 0) is 0 Å². The van der Waals surface area contributed by atoms with Gasteiger partial charge in [0, 0.05) is 42.3 Å². The Bertz CT molecular complexity index is 735. The Hall–Kier alpha value is -0.940. The molecule has 1 unspecified atom stereocenters. The normalized spacial score (nSPS) is 17.6. The topological polar surface area (TPSA) is 63.1 Å². The van der Waals surface area contributed by atoms with Gasteiger partial charge < -0.3 is 25.5 Å². The number of nitrogens with one attached hydrogen (secondary N) is 2. The van der Waals surface area contributed by atoms with E-state index in [0.717, 1.165) is 50.1 Å². The van der Waals surface area contributed by atoms with Crippen LogP contribution >= 0.6 is 35.3 Å². The lowest BCUT2D eigenvalue weighted by atomic mass is 10.2. The molecule has 8 heteroatoms. The number of nitrogens with zero attached hydrogens (tertiary/aromatic N) is 3. The second-order valence-corrected chi connectivity index (χ2v) is 8.46. The van der Waals surface area contributed by atoms with Crippen molar-refractivity contribution in [2.75, 3.05) is 59.4 Å². The van der Waals surface area contributed by atoms with Gasteiger partial charge in [0.05, 0.1) is 6.54 Å². The highest BCUT2D eigenvalue weighted by Crippen LogP contribution is 2.29. The molecule has 6 nitrogen and oxygen atoms in total. The molecule has 1 fully saturated rings. The Kier molecular flexibility index (Phi) is 10.6. The highest BCUT2D eigenvalue weighted by atomic mass is 127. The molecule has 1 aromatic heterocycles.